The van der Waals surface area contributed by atoms with Crippen molar-refractivity contribution in [2.45, 2.75) is 25.8 Å². The molecule has 1 aromatic carbocycles. The number of rotatable bonds is 4. The number of nitrogen functional groups attached to an aromatic ring is 1. The number of para-hydroxylation sites is 1. The number of nitrogens with two attached hydrogens (primary N) is 2. The van der Waals surface area contributed by atoms with Crippen molar-refractivity contribution >= 4 is 29.1 Å². The topological polar surface area (TPSA) is 98.2 Å². The fraction of sp³-hybridized carbons (Fsp3) is 0.333. The number of primary amides is 1. The SMILES string of the molecule is CCC(C)(NC(=O)c1cccc(Cl)c1N)C(N)=O. The molecular weight excluding hydrogens is 254 g/mol. The summed E-state index contributed by atoms with van der Waals surface area (Å²) < 4.78 is 0. The Morgan fingerprint density at radius 1 is 1.44 bits per heavy atom. The van der Waals surface area contributed by atoms with E-state index in [1.54, 1.807) is 26.0 Å². The minimum Gasteiger partial charge on any atom is -0.397 e. The van der Waals surface area contributed by atoms with Gasteiger partial charge in [0.15, 0.2) is 0 Å². The predicted octanol–water partition coefficient (Wildman–Crippen LogP) is 1.31. The summed E-state index contributed by atoms with van der Waals surface area (Å²) in [6.07, 6.45) is 0.383. The Balaban J connectivity index is 3.02. The fourth-order valence-corrected chi connectivity index (χ4v) is 1.55. The Labute approximate surface area is 110 Å². The van der Waals surface area contributed by atoms with Gasteiger partial charge in [-0.3, -0.25) is 9.59 Å². The molecule has 98 valence electrons. The average Bonchev–Trinajstić information content (AvgIpc) is 2.32. The number of anilines is 1. The van der Waals surface area contributed by atoms with Crippen molar-refractivity contribution < 1.29 is 9.59 Å². The summed E-state index contributed by atoms with van der Waals surface area (Å²) in [5.41, 5.74) is 10.3. The maximum atomic E-state index is 12.0. The van der Waals surface area contributed by atoms with Crippen LogP contribution >= 0.6 is 11.6 Å². The Bertz CT molecular complexity index is 490. The van der Waals surface area contributed by atoms with Crippen LogP contribution in [0.2, 0.25) is 5.02 Å². The molecule has 0 heterocycles. The molecule has 0 fully saturated rings. The molecule has 6 heteroatoms. The molecule has 1 rings (SSSR count). The number of benzene rings is 1. The average molecular weight is 270 g/mol. The third-order valence-corrected chi connectivity index (χ3v) is 3.27. The van der Waals surface area contributed by atoms with Crippen molar-refractivity contribution in [1.82, 2.24) is 5.32 Å². The van der Waals surface area contributed by atoms with Gasteiger partial charge in [-0.15, -0.1) is 0 Å². The van der Waals surface area contributed by atoms with Gasteiger partial charge in [-0.2, -0.15) is 0 Å². The summed E-state index contributed by atoms with van der Waals surface area (Å²) in [6, 6.07) is 4.73. The van der Waals surface area contributed by atoms with Crippen molar-refractivity contribution in [3.63, 3.8) is 0 Å². The molecule has 0 bridgehead atoms. The molecule has 0 aliphatic heterocycles. The molecule has 1 unspecified atom stereocenters. The van der Waals surface area contributed by atoms with Crippen LogP contribution in [0.4, 0.5) is 5.69 Å². The summed E-state index contributed by atoms with van der Waals surface area (Å²) in [5.74, 6) is -1.07. The highest BCUT2D eigenvalue weighted by molar-refractivity contribution is 6.34. The maximum absolute atomic E-state index is 12.0. The Morgan fingerprint density at radius 2 is 2.06 bits per heavy atom. The summed E-state index contributed by atoms with van der Waals surface area (Å²) in [7, 11) is 0. The lowest BCUT2D eigenvalue weighted by Gasteiger charge is -2.26. The predicted molar refractivity (Wildman–Crippen MR) is 71.2 cm³/mol. The summed E-state index contributed by atoms with van der Waals surface area (Å²) in [5, 5.41) is 2.87. The van der Waals surface area contributed by atoms with Crippen LogP contribution < -0.4 is 16.8 Å². The first-order chi connectivity index (χ1) is 8.31. The minimum atomic E-state index is -1.11. The molecule has 1 atom stereocenters. The molecule has 18 heavy (non-hydrogen) atoms. The molecule has 5 N–H and O–H groups in total. The number of amides is 2. The largest absolute Gasteiger partial charge is 0.397 e. The van der Waals surface area contributed by atoms with Gasteiger partial charge in [-0.1, -0.05) is 24.6 Å². The number of carbonyl (C=O) groups is 2. The molecule has 0 saturated heterocycles. The molecule has 0 saturated carbocycles. The first-order valence-electron chi connectivity index (χ1n) is 5.48. The van der Waals surface area contributed by atoms with Gasteiger partial charge in [0, 0.05) is 0 Å². The van der Waals surface area contributed by atoms with Crippen molar-refractivity contribution in [2.24, 2.45) is 5.73 Å². The molecule has 0 radical (unpaired) electrons. The third-order valence-electron chi connectivity index (χ3n) is 2.94. The first-order valence-corrected chi connectivity index (χ1v) is 5.86. The van der Waals surface area contributed by atoms with E-state index in [0.29, 0.717) is 11.4 Å². The monoisotopic (exact) mass is 269 g/mol. The van der Waals surface area contributed by atoms with Crippen LogP contribution in [0, 0.1) is 0 Å². The molecule has 0 spiro atoms. The summed E-state index contributed by atoms with van der Waals surface area (Å²) in [6.45, 7) is 3.32. The van der Waals surface area contributed by atoms with Crippen molar-refractivity contribution in [2.75, 3.05) is 5.73 Å². The van der Waals surface area contributed by atoms with E-state index in [-0.39, 0.29) is 11.3 Å². The van der Waals surface area contributed by atoms with Gasteiger partial charge in [0.05, 0.1) is 16.3 Å². The van der Waals surface area contributed by atoms with Crippen molar-refractivity contribution in [1.29, 1.82) is 0 Å². The Kier molecular flexibility index (Phi) is 4.19. The van der Waals surface area contributed by atoms with E-state index in [0.717, 1.165) is 0 Å². The molecule has 0 aliphatic rings. The molecule has 1 aromatic rings. The van der Waals surface area contributed by atoms with Gasteiger partial charge in [-0.05, 0) is 25.5 Å². The van der Waals surface area contributed by atoms with Crippen LogP contribution in [-0.4, -0.2) is 17.4 Å². The quantitative estimate of drug-likeness (QED) is 0.719. The Hall–Kier alpha value is -1.75. The van der Waals surface area contributed by atoms with Crippen LogP contribution in [0.1, 0.15) is 30.6 Å². The second kappa shape index (κ2) is 5.27. The smallest absolute Gasteiger partial charge is 0.254 e. The maximum Gasteiger partial charge on any atom is 0.254 e. The Morgan fingerprint density at radius 3 is 2.56 bits per heavy atom. The van der Waals surface area contributed by atoms with Crippen molar-refractivity contribution in [3.8, 4) is 0 Å². The summed E-state index contributed by atoms with van der Waals surface area (Å²) in [4.78, 5) is 23.4. The highest BCUT2D eigenvalue weighted by Gasteiger charge is 2.31. The number of hydrogen-bond acceptors (Lipinski definition) is 3. The minimum absolute atomic E-state index is 0.180. The number of nitrogens with one attached hydrogen (secondary N) is 1. The van der Waals surface area contributed by atoms with E-state index in [4.69, 9.17) is 23.1 Å². The normalized spacial score (nSPS) is 13.7. The van der Waals surface area contributed by atoms with Crippen molar-refractivity contribution in [3.05, 3.63) is 28.8 Å². The van der Waals surface area contributed by atoms with Gasteiger partial charge in [0.25, 0.3) is 5.91 Å². The lowest BCUT2D eigenvalue weighted by atomic mass is 9.97. The second-order valence-corrected chi connectivity index (χ2v) is 4.61. The number of halogens is 1. The highest BCUT2D eigenvalue weighted by atomic mass is 35.5. The number of carbonyl (C=O) groups excluding carboxylic acids is 2. The third kappa shape index (κ3) is 2.73. The lowest BCUT2D eigenvalue weighted by Crippen LogP contribution is -2.54. The standard InChI is InChI=1S/C12H16ClN3O2/c1-3-12(2,11(15)18)16-10(17)7-5-4-6-8(13)9(7)14/h4-6H,3,14H2,1-2H3,(H2,15,18)(H,16,17). The van der Waals surface area contributed by atoms with E-state index >= 15 is 0 Å². The fourth-order valence-electron chi connectivity index (χ4n) is 1.38. The molecule has 2 amide bonds. The first kappa shape index (κ1) is 14.3. The van der Waals surface area contributed by atoms with Gasteiger partial charge < -0.3 is 16.8 Å². The van der Waals surface area contributed by atoms with Gasteiger partial charge in [-0.25, -0.2) is 0 Å². The van der Waals surface area contributed by atoms with E-state index in [9.17, 15) is 9.59 Å². The van der Waals surface area contributed by atoms with E-state index in [1.807, 2.05) is 0 Å². The zero-order chi connectivity index (χ0) is 13.9. The second-order valence-electron chi connectivity index (χ2n) is 4.21. The molecule has 0 aliphatic carbocycles. The van der Waals surface area contributed by atoms with Gasteiger partial charge in [0.2, 0.25) is 5.91 Å². The van der Waals surface area contributed by atoms with E-state index in [1.165, 1.54) is 6.07 Å². The zero-order valence-electron chi connectivity index (χ0n) is 10.3. The van der Waals surface area contributed by atoms with Gasteiger partial charge >= 0.3 is 0 Å². The van der Waals surface area contributed by atoms with Crippen LogP contribution in [-0.2, 0) is 4.79 Å². The zero-order valence-corrected chi connectivity index (χ0v) is 11.0. The molecule has 5 nitrogen and oxygen atoms in total. The van der Waals surface area contributed by atoms with Crippen LogP contribution in [0.15, 0.2) is 18.2 Å². The molecule has 0 aromatic heterocycles. The van der Waals surface area contributed by atoms with Crippen LogP contribution in [0.5, 0.6) is 0 Å². The number of hydrogen-bond donors (Lipinski definition) is 3. The van der Waals surface area contributed by atoms with Crippen LogP contribution in [0.25, 0.3) is 0 Å². The highest BCUT2D eigenvalue weighted by Crippen LogP contribution is 2.23. The molecular formula is C12H16ClN3O2. The van der Waals surface area contributed by atoms with Gasteiger partial charge in [0.1, 0.15) is 5.54 Å². The van der Waals surface area contributed by atoms with E-state index < -0.39 is 17.4 Å². The van der Waals surface area contributed by atoms with Crippen LogP contribution in [0.3, 0.4) is 0 Å². The lowest BCUT2D eigenvalue weighted by molar-refractivity contribution is -0.123. The summed E-state index contributed by atoms with van der Waals surface area (Å²) >= 11 is 5.83. The van der Waals surface area contributed by atoms with E-state index in [2.05, 4.69) is 5.32 Å².